The summed E-state index contributed by atoms with van der Waals surface area (Å²) in [6.07, 6.45) is 2.84. The van der Waals surface area contributed by atoms with Crippen LogP contribution < -0.4 is 5.32 Å². The molecular weight excluding hydrogens is 174 g/mol. The van der Waals surface area contributed by atoms with Gasteiger partial charge in [0.2, 0.25) is 0 Å². The Bertz CT molecular complexity index is 318. The maximum absolute atomic E-state index is 10.1. The first-order valence-electron chi connectivity index (χ1n) is 5.22. The zero-order chi connectivity index (χ0) is 10.0. The van der Waals surface area contributed by atoms with E-state index in [1.54, 1.807) is 0 Å². The average molecular weight is 191 g/mol. The summed E-state index contributed by atoms with van der Waals surface area (Å²) in [5, 5.41) is 13.2. The second-order valence-electron chi connectivity index (χ2n) is 4.04. The summed E-state index contributed by atoms with van der Waals surface area (Å²) in [5.74, 6) is 0. The van der Waals surface area contributed by atoms with Crippen LogP contribution in [0.15, 0.2) is 24.3 Å². The molecular formula is C12H17NO. The lowest BCUT2D eigenvalue weighted by atomic mass is 9.98. The fourth-order valence-electron chi connectivity index (χ4n) is 1.84. The fraction of sp³-hybridized carbons (Fsp3) is 0.500. The number of hydrogen-bond acceptors (Lipinski definition) is 2. The van der Waals surface area contributed by atoms with Gasteiger partial charge < -0.3 is 10.4 Å². The van der Waals surface area contributed by atoms with Gasteiger partial charge in [0.25, 0.3) is 0 Å². The molecule has 0 bridgehead atoms. The van der Waals surface area contributed by atoms with Gasteiger partial charge in [0, 0.05) is 0 Å². The van der Waals surface area contributed by atoms with Crippen molar-refractivity contribution in [3.63, 3.8) is 0 Å². The Kier molecular flexibility index (Phi) is 2.57. The molecule has 0 aromatic heterocycles. The molecule has 2 rings (SSSR count). The first kappa shape index (κ1) is 9.69. The van der Waals surface area contributed by atoms with E-state index >= 15 is 0 Å². The smallest absolute Gasteiger partial charge is 0.0901 e. The molecule has 1 saturated carbocycles. The largest absolute Gasteiger partial charge is 0.385 e. The minimum atomic E-state index is -0.496. The Balaban J connectivity index is 2.20. The predicted molar refractivity (Wildman–Crippen MR) is 57.2 cm³/mol. The standard InChI is InChI=1S/C12H17NO/c1-13-9-6-10-4-2-3-5-11(10)12(14)7-8-12/h2-5,13-14H,6-9H2,1H3. The van der Waals surface area contributed by atoms with Crippen LogP contribution in [0.2, 0.25) is 0 Å². The molecule has 0 spiro atoms. The Morgan fingerprint density at radius 3 is 2.71 bits per heavy atom. The minimum Gasteiger partial charge on any atom is -0.385 e. The fourth-order valence-corrected chi connectivity index (χ4v) is 1.84. The lowest BCUT2D eigenvalue weighted by Gasteiger charge is -2.13. The van der Waals surface area contributed by atoms with E-state index in [4.69, 9.17) is 0 Å². The Morgan fingerprint density at radius 1 is 1.36 bits per heavy atom. The van der Waals surface area contributed by atoms with Gasteiger partial charge in [0.05, 0.1) is 5.60 Å². The zero-order valence-corrected chi connectivity index (χ0v) is 8.59. The number of benzene rings is 1. The van der Waals surface area contributed by atoms with Crippen molar-refractivity contribution >= 4 is 0 Å². The van der Waals surface area contributed by atoms with Crippen molar-refractivity contribution in [2.24, 2.45) is 0 Å². The van der Waals surface area contributed by atoms with Gasteiger partial charge in [-0.25, -0.2) is 0 Å². The molecule has 0 heterocycles. The number of rotatable bonds is 4. The van der Waals surface area contributed by atoms with E-state index < -0.39 is 5.60 Å². The van der Waals surface area contributed by atoms with E-state index in [-0.39, 0.29) is 0 Å². The molecule has 2 nitrogen and oxygen atoms in total. The molecule has 0 radical (unpaired) electrons. The SMILES string of the molecule is CNCCc1ccccc1C1(O)CC1. The lowest BCUT2D eigenvalue weighted by molar-refractivity contribution is 0.150. The van der Waals surface area contributed by atoms with Crippen LogP contribution in [-0.4, -0.2) is 18.7 Å². The summed E-state index contributed by atoms with van der Waals surface area (Å²) < 4.78 is 0. The molecule has 1 aromatic rings. The molecule has 0 unspecified atom stereocenters. The van der Waals surface area contributed by atoms with E-state index in [9.17, 15) is 5.11 Å². The highest BCUT2D eigenvalue weighted by Crippen LogP contribution is 2.46. The van der Waals surface area contributed by atoms with Crippen LogP contribution in [0.1, 0.15) is 24.0 Å². The van der Waals surface area contributed by atoms with Gasteiger partial charge >= 0.3 is 0 Å². The van der Waals surface area contributed by atoms with Gasteiger partial charge in [0.15, 0.2) is 0 Å². The third-order valence-corrected chi connectivity index (χ3v) is 2.89. The molecule has 1 aliphatic rings. The summed E-state index contributed by atoms with van der Waals surface area (Å²) in [5.41, 5.74) is 1.92. The zero-order valence-electron chi connectivity index (χ0n) is 8.59. The number of likely N-dealkylation sites (N-methyl/N-ethyl adjacent to an activating group) is 1. The second-order valence-corrected chi connectivity index (χ2v) is 4.04. The normalized spacial score (nSPS) is 18.1. The topological polar surface area (TPSA) is 32.3 Å². The predicted octanol–water partition coefficient (Wildman–Crippen LogP) is 1.43. The molecule has 1 aromatic carbocycles. The third kappa shape index (κ3) is 1.81. The summed E-state index contributed by atoms with van der Waals surface area (Å²) in [4.78, 5) is 0. The van der Waals surface area contributed by atoms with Crippen molar-refractivity contribution in [1.82, 2.24) is 5.32 Å². The highest BCUT2D eigenvalue weighted by atomic mass is 16.3. The van der Waals surface area contributed by atoms with Gasteiger partial charge in [-0.2, -0.15) is 0 Å². The first-order valence-corrected chi connectivity index (χ1v) is 5.22. The molecule has 0 atom stereocenters. The Hall–Kier alpha value is -0.860. The van der Waals surface area contributed by atoms with E-state index in [0.717, 1.165) is 31.4 Å². The van der Waals surface area contributed by atoms with Crippen LogP contribution in [0.4, 0.5) is 0 Å². The van der Waals surface area contributed by atoms with E-state index in [2.05, 4.69) is 17.4 Å². The van der Waals surface area contributed by atoms with Gasteiger partial charge in [0.1, 0.15) is 0 Å². The van der Waals surface area contributed by atoms with Crippen LogP contribution in [-0.2, 0) is 12.0 Å². The van der Waals surface area contributed by atoms with Crippen molar-refractivity contribution < 1.29 is 5.11 Å². The minimum absolute atomic E-state index is 0.496. The molecule has 2 heteroatoms. The van der Waals surface area contributed by atoms with E-state index in [1.165, 1.54) is 5.56 Å². The van der Waals surface area contributed by atoms with Gasteiger partial charge in [-0.15, -0.1) is 0 Å². The maximum atomic E-state index is 10.1. The van der Waals surface area contributed by atoms with Crippen molar-refractivity contribution in [3.05, 3.63) is 35.4 Å². The monoisotopic (exact) mass is 191 g/mol. The van der Waals surface area contributed by atoms with Gasteiger partial charge in [-0.05, 0) is 44.0 Å². The first-order chi connectivity index (χ1) is 6.76. The number of nitrogens with one attached hydrogen (secondary N) is 1. The second kappa shape index (κ2) is 3.71. The van der Waals surface area contributed by atoms with Crippen LogP contribution in [0.5, 0.6) is 0 Å². The third-order valence-electron chi connectivity index (χ3n) is 2.89. The molecule has 1 aliphatic carbocycles. The summed E-state index contributed by atoms with van der Waals surface area (Å²) in [6.45, 7) is 0.965. The van der Waals surface area contributed by atoms with E-state index in [0.29, 0.717) is 0 Å². The number of aliphatic hydroxyl groups is 1. The highest BCUT2D eigenvalue weighted by molar-refractivity contribution is 5.35. The average Bonchev–Trinajstić information content (AvgIpc) is 2.95. The van der Waals surface area contributed by atoms with Crippen LogP contribution in [0, 0.1) is 0 Å². The Morgan fingerprint density at radius 2 is 2.07 bits per heavy atom. The number of hydrogen-bond donors (Lipinski definition) is 2. The van der Waals surface area contributed by atoms with Crippen molar-refractivity contribution in [2.45, 2.75) is 24.9 Å². The van der Waals surface area contributed by atoms with Crippen molar-refractivity contribution in [3.8, 4) is 0 Å². The summed E-state index contributed by atoms with van der Waals surface area (Å²) in [7, 11) is 1.95. The van der Waals surface area contributed by atoms with Crippen LogP contribution >= 0.6 is 0 Å². The summed E-state index contributed by atoms with van der Waals surface area (Å²) >= 11 is 0. The maximum Gasteiger partial charge on any atom is 0.0901 e. The van der Waals surface area contributed by atoms with Gasteiger partial charge in [-0.3, -0.25) is 0 Å². The van der Waals surface area contributed by atoms with Gasteiger partial charge in [-0.1, -0.05) is 24.3 Å². The molecule has 0 amide bonds. The highest BCUT2D eigenvalue weighted by Gasteiger charge is 2.43. The molecule has 2 N–H and O–H groups in total. The van der Waals surface area contributed by atoms with Crippen LogP contribution in [0.3, 0.4) is 0 Å². The Labute approximate surface area is 85.0 Å². The molecule has 0 saturated heterocycles. The van der Waals surface area contributed by atoms with Crippen LogP contribution in [0.25, 0.3) is 0 Å². The lowest BCUT2D eigenvalue weighted by Crippen LogP contribution is -2.14. The molecule has 1 fully saturated rings. The van der Waals surface area contributed by atoms with E-state index in [1.807, 2.05) is 19.2 Å². The van der Waals surface area contributed by atoms with Crippen molar-refractivity contribution in [1.29, 1.82) is 0 Å². The molecule has 76 valence electrons. The quantitative estimate of drug-likeness (QED) is 0.754. The van der Waals surface area contributed by atoms with Crippen molar-refractivity contribution in [2.75, 3.05) is 13.6 Å². The molecule has 0 aliphatic heterocycles. The summed E-state index contributed by atoms with van der Waals surface area (Å²) in [6, 6.07) is 8.22. The molecule has 14 heavy (non-hydrogen) atoms.